The van der Waals surface area contributed by atoms with Crippen LogP contribution < -0.4 is 10.5 Å². The molecule has 0 spiro atoms. The average Bonchev–Trinajstić information content (AvgIpc) is 2.39. The summed E-state index contributed by atoms with van der Waals surface area (Å²) in [4.78, 5) is 8.08. The van der Waals surface area contributed by atoms with Crippen LogP contribution in [-0.2, 0) is 0 Å². The van der Waals surface area contributed by atoms with Crippen LogP contribution in [0.5, 0.6) is 11.6 Å². The van der Waals surface area contributed by atoms with Gasteiger partial charge in [0.05, 0.1) is 11.1 Å². The molecule has 1 aromatic carbocycles. The van der Waals surface area contributed by atoms with E-state index in [1.165, 1.54) is 6.33 Å². The highest BCUT2D eigenvalue weighted by Crippen LogP contribution is 2.32. The molecule has 1 heterocycles. The Balaban J connectivity index is 2.45. The number of benzene rings is 1. The van der Waals surface area contributed by atoms with E-state index in [0.717, 1.165) is 5.56 Å². The van der Waals surface area contributed by atoms with Gasteiger partial charge in [-0.1, -0.05) is 26.0 Å². The second kappa shape index (κ2) is 5.36. The van der Waals surface area contributed by atoms with Crippen LogP contribution in [0.3, 0.4) is 0 Å². The van der Waals surface area contributed by atoms with E-state index in [9.17, 15) is 0 Å². The molecule has 0 aliphatic carbocycles. The number of nitriles is 1. The maximum atomic E-state index is 9.04. The summed E-state index contributed by atoms with van der Waals surface area (Å²) >= 11 is 0. The van der Waals surface area contributed by atoms with Crippen LogP contribution in [0.25, 0.3) is 0 Å². The van der Waals surface area contributed by atoms with Crippen molar-refractivity contribution in [2.24, 2.45) is 0 Å². The van der Waals surface area contributed by atoms with Crippen LogP contribution >= 0.6 is 0 Å². The second-order valence-corrected chi connectivity index (χ2v) is 4.34. The third-order valence-corrected chi connectivity index (χ3v) is 2.67. The molecule has 0 amide bonds. The largest absolute Gasteiger partial charge is 0.437 e. The molecule has 0 radical (unpaired) electrons. The van der Waals surface area contributed by atoms with Crippen molar-refractivity contribution in [3.8, 4) is 17.7 Å². The first kappa shape index (κ1) is 12.8. The Morgan fingerprint density at radius 1 is 1.26 bits per heavy atom. The highest BCUT2D eigenvalue weighted by molar-refractivity contribution is 5.50. The number of rotatable bonds is 3. The van der Waals surface area contributed by atoms with Gasteiger partial charge in [0.25, 0.3) is 0 Å². The zero-order chi connectivity index (χ0) is 13.8. The number of nitrogen functional groups attached to an aromatic ring is 1. The minimum absolute atomic E-state index is 0.130. The molecule has 2 rings (SSSR count). The quantitative estimate of drug-likeness (QED) is 0.910. The zero-order valence-electron chi connectivity index (χ0n) is 10.8. The lowest BCUT2D eigenvalue weighted by atomic mass is 10.1. The topological polar surface area (TPSA) is 84.8 Å². The van der Waals surface area contributed by atoms with Crippen LogP contribution in [-0.4, -0.2) is 9.97 Å². The van der Waals surface area contributed by atoms with Gasteiger partial charge in [-0.3, -0.25) is 0 Å². The molecule has 19 heavy (non-hydrogen) atoms. The fourth-order valence-electron chi connectivity index (χ4n) is 1.77. The highest BCUT2D eigenvalue weighted by atomic mass is 16.5. The van der Waals surface area contributed by atoms with Crippen molar-refractivity contribution in [3.05, 3.63) is 41.7 Å². The number of para-hydroxylation sites is 1. The summed E-state index contributed by atoms with van der Waals surface area (Å²) in [7, 11) is 0. The Bertz CT molecular complexity index is 632. The summed E-state index contributed by atoms with van der Waals surface area (Å²) in [6, 6.07) is 9.07. The van der Waals surface area contributed by atoms with Crippen molar-refractivity contribution in [1.29, 1.82) is 5.26 Å². The van der Waals surface area contributed by atoms with Crippen LogP contribution in [0.4, 0.5) is 5.82 Å². The minimum atomic E-state index is 0.130. The van der Waals surface area contributed by atoms with Gasteiger partial charge in [-0.15, -0.1) is 0 Å². The van der Waals surface area contributed by atoms with Gasteiger partial charge in [-0.05, 0) is 18.1 Å². The number of hydrogen-bond acceptors (Lipinski definition) is 5. The van der Waals surface area contributed by atoms with Gasteiger partial charge in [0.1, 0.15) is 24.0 Å². The Morgan fingerprint density at radius 2 is 2.00 bits per heavy atom. The summed E-state index contributed by atoms with van der Waals surface area (Å²) in [5, 5.41) is 9.04. The first-order chi connectivity index (χ1) is 9.13. The van der Waals surface area contributed by atoms with Gasteiger partial charge in [0, 0.05) is 0 Å². The highest BCUT2D eigenvalue weighted by Gasteiger charge is 2.16. The van der Waals surface area contributed by atoms with E-state index in [0.29, 0.717) is 23.0 Å². The van der Waals surface area contributed by atoms with E-state index in [1.807, 2.05) is 13.8 Å². The molecule has 0 bridgehead atoms. The Morgan fingerprint density at radius 3 is 2.68 bits per heavy atom. The molecule has 0 aliphatic heterocycles. The number of aromatic nitrogens is 2. The van der Waals surface area contributed by atoms with Gasteiger partial charge >= 0.3 is 0 Å². The van der Waals surface area contributed by atoms with E-state index in [2.05, 4.69) is 16.0 Å². The Kier molecular flexibility index (Phi) is 3.62. The molecule has 0 fully saturated rings. The number of ether oxygens (including phenoxy) is 1. The molecule has 2 N–H and O–H groups in total. The second-order valence-electron chi connectivity index (χ2n) is 4.34. The van der Waals surface area contributed by atoms with Crippen molar-refractivity contribution in [3.63, 3.8) is 0 Å². The van der Waals surface area contributed by atoms with E-state index < -0.39 is 0 Å². The Labute approximate surface area is 111 Å². The van der Waals surface area contributed by atoms with Crippen molar-refractivity contribution in [2.45, 2.75) is 19.8 Å². The summed E-state index contributed by atoms with van der Waals surface area (Å²) < 4.78 is 5.72. The van der Waals surface area contributed by atoms with Crippen LogP contribution in [0, 0.1) is 11.3 Å². The van der Waals surface area contributed by atoms with Crippen molar-refractivity contribution in [2.75, 3.05) is 5.73 Å². The van der Waals surface area contributed by atoms with E-state index in [1.54, 1.807) is 24.3 Å². The van der Waals surface area contributed by atoms with E-state index >= 15 is 0 Å². The fraction of sp³-hybridized carbons (Fsp3) is 0.214. The monoisotopic (exact) mass is 254 g/mol. The third-order valence-electron chi connectivity index (χ3n) is 2.67. The molecule has 96 valence electrons. The smallest absolute Gasteiger partial charge is 0.227 e. The SMILES string of the molecule is CC(C)c1c(N)ncnc1Oc1ccccc1C#N. The summed E-state index contributed by atoms with van der Waals surface area (Å²) in [5.74, 6) is 1.38. The molecule has 0 saturated heterocycles. The maximum Gasteiger partial charge on any atom is 0.227 e. The van der Waals surface area contributed by atoms with Gasteiger partial charge in [0.15, 0.2) is 0 Å². The molecule has 5 nitrogen and oxygen atoms in total. The number of nitrogens with zero attached hydrogens (tertiary/aromatic N) is 3. The molecule has 0 atom stereocenters. The summed E-state index contributed by atoms with van der Waals surface area (Å²) in [6.07, 6.45) is 1.35. The summed E-state index contributed by atoms with van der Waals surface area (Å²) in [5.41, 5.74) is 7.05. The number of hydrogen-bond donors (Lipinski definition) is 1. The standard InChI is InChI=1S/C14H14N4O/c1-9(2)12-13(16)17-8-18-14(12)19-11-6-4-3-5-10(11)7-15/h3-6,8-9H,1-2H3,(H2,16,17,18). The van der Waals surface area contributed by atoms with Gasteiger partial charge in [-0.25, -0.2) is 9.97 Å². The molecule has 0 unspecified atom stereocenters. The first-order valence-corrected chi connectivity index (χ1v) is 5.90. The predicted molar refractivity (Wildman–Crippen MR) is 71.8 cm³/mol. The molecule has 2 aromatic rings. The number of nitrogens with two attached hydrogens (primary N) is 1. The number of anilines is 1. The predicted octanol–water partition coefficient (Wildman–Crippen LogP) is 2.85. The normalized spacial score (nSPS) is 10.2. The van der Waals surface area contributed by atoms with Crippen LogP contribution in [0.2, 0.25) is 0 Å². The van der Waals surface area contributed by atoms with Crippen molar-refractivity contribution >= 4 is 5.82 Å². The lowest BCUT2D eigenvalue weighted by Crippen LogP contribution is -2.04. The van der Waals surface area contributed by atoms with Gasteiger partial charge in [-0.2, -0.15) is 5.26 Å². The zero-order valence-corrected chi connectivity index (χ0v) is 10.8. The molecule has 1 aromatic heterocycles. The van der Waals surface area contributed by atoms with Gasteiger partial charge in [0.2, 0.25) is 5.88 Å². The van der Waals surface area contributed by atoms with Crippen molar-refractivity contribution in [1.82, 2.24) is 9.97 Å². The maximum absolute atomic E-state index is 9.04. The van der Waals surface area contributed by atoms with Crippen LogP contribution in [0.15, 0.2) is 30.6 Å². The van der Waals surface area contributed by atoms with E-state index in [-0.39, 0.29) is 5.92 Å². The fourth-order valence-corrected chi connectivity index (χ4v) is 1.77. The summed E-state index contributed by atoms with van der Waals surface area (Å²) in [6.45, 7) is 3.97. The average molecular weight is 254 g/mol. The first-order valence-electron chi connectivity index (χ1n) is 5.90. The molecular formula is C14H14N4O. The lowest BCUT2D eigenvalue weighted by Gasteiger charge is -2.14. The van der Waals surface area contributed by atoms with Gasteiger partial charge < -0.3 is 10.5 Å². The minimum Gasteiger partial charge on any atom is -0.437 e. The molecule has 0 aliphatic rings. The van der Waals surface area contributed by atoms with Crippen molar-refractivity contribution < 1.29 is 4.74 Å². The lowest BCUT2D eigenvalue weighted by molar-refractivity contribution is 0.450. The van der Waals surface area contributed by atoms with Crippen LogP contribution in [0.1, 0.15) is 30.9 Å². The third kappa shape index (κ3) is 2.63. The molecule has 5 heteroatoms. The molecule has 0 saturated carbocycles. The molecular weight excluding hydrogens is 240 g/mol. The van der Waals surface area contributed by atoms with E-state index in [4.69, 9.17) is 15.7 Å². The Hall–Kier alpha value is -2.61.